The van der Waals surface area contributed by atoms with Crippen molar-refractivity contribution in [2.45, 2.75) is 111 Å². The molecule has 0 heterocycles. The molecule has 29 heavy (non-hydrogen) atoms. The topological polar surface area (TPSA) is 75.7 Å². The third-order valence-corrected chi connectivity index (χ3v) is 4.75. The smallest absolute Gasteiger partial charge is 0.726 e. The number of rotatable bonds is 19. The Morgan fingerprint density at radius 1 is 0.690 bits per heavy atom. The van der Waals surface area contributed by atoms with Crippen molar-refractivity contribution in [2.24, 2.45) is 0 Å². The maximum Gasteiger partial charge on any atom is 1.00 e. The Morgan fingerprint density at radius 2 is 1.10 bits per heavy atom. The summed E-state index contributed by atoms with van der Waals surface area (Å²) in [6.45, 7) is 7.94. The number of hydrogen-bond donors (Lipinski definition) is 0. The van der Waals surface area contributed by atoms with E-state index in [4.69, 9.17) is 4.74 Å². The summed E-state index contributed by atoms with van der Waals surface area (Å²) in [5, 5.41) is 0. The van der Waals surface area contributed by atoms with Gasteiger partial charge in [-0.05, 0) is 46.0 Å². The molecule has 0 radical (unpaired) electrons. The molecule has 0 aromatic heterocycles. The first-order valence-electron chi connectivity index (χ1n) is 11.3. The first-order valence-corrected chi connectivity index (χ1v) is 12.6. The minimum Gasteiger partial charge on any atom is -0.726 e. The van der Waals surface area contributed by atoms with Crippen LogP contribution >= 0.6 is 0 Å². The Labute approximate surface area is 203 Å². The molecule has 170 valence electrons. The minimum atomic E-state index is -4.50. The van der Waals surface area contributed by atoms with Crippen LogP contribution in [0.15, 0.2) is 12.2 Å². The van der Waals surface area contributed by atoms with Gasteiger partial charge >= 0.3 is 29.6 Å². The van der Waals surface area contributed by atoms with E-state index in [0.717, 1.165) is 38.9 Å². The van der Waals surface area contributed by atoms with Gasteiger partial charge in [0.05, 0.1) is 6.61 Å². The molecule has 0 spiro atoms. The molecular weight excluding hydrogens is 399 g/mol. The van der Waals surface area contributed by atoms with Crippen LogP contribution in [0.2, 0.25) is 0 Å². The van der Waals surface area contributed by atoms with Crippen molar-refractivity contribution in [3.05, 3.63) is 12.2 Å². The summed E-state index contributed by atoms with van der Waals surface area (Å²) in [5.74, 6) is 0. The molecule has 0 aromatic rings. The molecule has 0 aromatic carbocycles. The van der Waals surface area contributed by atoms with Crippen LogP contribution in [0.25, 0.3) is 0 Å². The molecule has 0 saturated carbocycles. The quantitative estimate of drug-likeness (QED) is 0.100. The van der Waals surface area contributed by atoms with Crippen molar-refractivity contribution in [2.75, 3.05) is 19.8 Å². The molecule has 0 saturated heterocycles. The Morgan fingerprint density at radius 3 is 1.48 bits per heavy atom. The summed E-state index contributed by atoms with van der Waals surface area (Å²) in [6.07, 6.45) is 21.4. The predicted octanol–water partition coefficient (Wildman–Crippen LogP) is 3.55. The summed E-state index contributed by atoms with van der Waals surface area (Å²) in [7, 11) is -4.50. The average Bonchev–Trinajstić information content (AvgIpc) is 2.64. The van der Waals surface area contributed by atoms with Gasteiger partial charge in [-0.2, -0.15) is 0 Å². The van der Waals surface area contributed by atoms with Crippen molar-refractivity contribution >= 4 is 10.4 Å². The first kappa shape index (κ1) is 34.2. The fraction of sp³-hybridized carbons (Fsp3) is 0.909. The Balaban J connectivity index is -0.000000997. The van der Waals surface area contributed by atoms with Crippen molar-refractivity contribution in [3.63, 3.8) is 0 Å². The van der Waals surface area contributed by atoms with Crippen LogP contribution in [-0.2, 0) is 19.3 Å². The third-order valence-electron chi connectivity index (χ3n) is 4.29. The largest absolute Gasteiger partial charge is 1.00 e. The third kappa shape index (κ3) is 39.6. The minimum absolute atomic E-state index is 0. The Bertz CT molecular complexity index is 411. The number of unbranched alkanes of at least 4 members (excludes halogenated alkanes) is 12. The summed E-state index contributed by atoms with van der Waals surface area (Å²) in [5.41, 5.74) is 0. The van der Waals surface area contributed by atoms with E-state index in [-0.39, 0.29) is 36.2 Å². The maximum absolute atomic E-state index is 10.2. The zero-order valence-electron chi connectivity index (χ0n) is 19.6. The van der Waals surface area contributed by atoms with Gasteiger partial charge in [0.1, 0.15) is 0 Å². The van der Waals surface area contributed by atoms with Crippen LogP contribution in [-0.4, -0.2) is 32.8 Å². The molecule has 0 aliphatic rings. The molecule has 0 rings (SSSR count). The van der Waals surface area contributed by atoms with Crippen LogP contribution in [0.1, 0.15) is 111 Å². The Kier molecular flexibility index (Phi) is 33.7. The molecule has 5 nitrogen and oxygen atoms in total. The van der Waals surface area contributed by atoms with Gasteiger partial charge < -0.3 is 9.29 Å². The number of allylic oxidation sites excluding steroid dienone is 2. The van der Waals surface area contributed by atoms with Crippen LogP contribution in [0.4, 0.5) is 0 Å². The SMILES string of the molecule is CCCCCCCC/C=C\CCCCCCCCOS(=O)(=O)[O-].CCOCC.[Na+]. The molecule has 0 N–H and O–H groups in total. The summed E-state index contributed by atoms with van der Waals surface area (Å²) in [6, 6.07) is 0. The van der Waals surface area contributed by atoms with E-state index in [1.54, 1.807) is 0 Å². The van der Waals surface area contributed by atoms with Crippen molar-refractivity contribution < 1.29 is 51.4 Å². The van der Waals surface area contributed by atoms with Crippen molar-refractivity contribution in [3.8, 4) is 0 Å². The van der Waals surface area contributed by atoms with Gasteiger partial charge in [0.2, 0.25) is 10.4 Å². The molecular formula is C22H45NaO5S. The number of hydrogen-bond acceptors (Lipinski definition) is 5. The fourth-order valence-corrected chi connectivity index (χ4v) is 3.04. The van der Waals surface area contributed by atoms with Gasteiger partial charge in [0.15, 0.2) is 0 Å². The number of ether oxygens (including phenoxy) is 1. The zero-order chi connectivity index (χ0) is 21.3. The predicted molar refractivity (Wildman–Crippen MR) is 117 cm³/mol. The van der Waals surface area contributed by atoms with E-state index in [1.165, 1.54) is 57.8 Å². The monoisotopic (exact) mass is 444 g/mol. The second kappa shape index (κ2) is 28.6. The van der Waals surface area contributed by atoms with Crippen molar-refractivity contribution in [1.29, 1.82) is 0 Å². The molecule has 0 fully saturated rings. The fourth-order valence-electron chi connectivity index (χ4n) is 2.71. The van der Waals surface area contributed by atoms with Gasteiger partial charge in [-0.3, -0.25) is 4.18 Å². The Hall–Kier alpha value is 0.570. The van der Waals surface area contributed by atoms with E-state index in [9.17, 15) is 13.0 Å². The molecule has 0 bridgehead atoms. The summed E-state index contributed by atoms with van der Waals surface area (Å²) >= 11 is 0. The molecule has 0 atom stereocenters. The molecule has 0 amide bonds. The van der Waals surface area contributed by atoms with Crippen molar-refractivity contribution in [1.82, 2.24) is 0 Å². The van der Waals surface area contributed by atoms with Crippen LogP contribution in [0.3, 0.4) is 0 Å². The van der Waals surface area contributed by atoms with Crippen LogP contribution < -0.4 is 29.6 Å². The molecule has 0 aliphatic heterocycles. The molecule has 0 aliphatic carbocycles. The second-order valence-corrected chi connectivity index (χ2v) is 8.00. The van der Waals surface area contributed by atoms with Crippen LogP contribution in [0.5, 0.6) is 0 Å². The van der Waals surface area contributed by atoms with Crippen LogP contribution in [0, 0.1) is 0 Å². The molecule has 7 heteroatoms. The molecule has 0 unspecified atom stereocenters. The second-order valence-electron chi connectivity index (χ2n) is 6.95. The van der Waals surface area contributed by atoms with Gasteiger partial charge in [0, 0.05) is 13.2 Å². The van der Waals surface area contributed by atoms with Gasteiger partial charge in [-0.25, -0.2) is 8.42 Å². The first-order chi connectivity index (χ1) is 13.5. The average molecular weight is 445 g/mol. The van der Waals surface area contributed by atoms with E-state index in [1.807, 2.05) is 13.8 Å². The standard InChI is InChI=1S/C18H36O4S.C4H10O.Na/c1-2-3-4-5-6-7-8-9-10-11-12-13-14-15-16-17-18-22-23(19,20)21;1-3-5-4-2;/h9-10H,2-8,11-18H2,1H3,(H,19,20,21);3-4H2,1-2H3;/q;;+1/p-1/b10-9-;;. The summed E-state index contributed by atoms with van der Waals surface area (Å²) < 4.78 is 39.6. The van der Waals surface area contributed by atoms with E-state index >= 15 is 0 Å². The summed E-state index contributed by atoms with van der Waals surface area (Å²) in [4.78, 5) is 0. The normalized spacial score (nSPS) is 11.2. The van der Waals surface area contributed by atoms with E-state index < -0.39 is 10.4 Å². The van der Waals surface area contributed by atoms with Gasteiger partial charge in [-0.15, -0.1) is 0 Å². The van der Waals surface area contributed by atoms with E-state index in [0.29, 0.717) is 6.42 Å². The van der Waals surface area contributed by atoms with Gasteiger partial charge in [0.25, 0.3) is 0 Å². The maximum atomic E-state index is 10.2. The zero-order valence-corrected chi connectivity index (χ0v) is 22.4. The van der Waals surface area contributed by atoms with Gasteiger partial charge in [-0.1, -0.05) is 76.9 Å². The van der Waals surface area contributed by atoms with E-state index in [2.05, 4.69) is 23.3 Å².